The Morgan fingerprint density at radius 2 is 1.72 bits per heavy atom. The topological polar surface area (TPSA) is 97.3 Å². The summed E-state index contributed by atoms with van der Waals surface area (Å²) in [4.78, 5) is 39.7. The Morgan fingerprint density at radius 3 is 2.47 bits per heavy atom. The van der Waals surface area contributed by atoms with Crippen LogP contribution in [0.25, 0.3) is 0 Å². The average Bonchev–Trinajstić information content (AvgIpc) is 2.90. The van der Waals surface area contributed by atoms with Gasteiger partial charge < -0.3 is 9.64 Å². The van der Waals surface area contributed by atoms with E-state index >= 15 is 0 Å². The van der Waals surface area contributed by atoms with E-state index in [4.69, 9.17) is 4.74 Å². The molecule has 180 valence electrons. The molecule has 2 aromatic carbocycles. The number of para-hydroxylation sites is 1. The van der Waals surface area contributed by atoms with Crippen LogP contribution < -0.4 is 10.1 Å². The smallest absolute Gasteiger partial charge is 0.258 e. The Balaban J connectivity index is 1.22. The lowest BCUT2D eigenvalue weighted by molar-refractivity contribution is 0.0733. The van der Waals surface area contributed by atoms with Crippen molar-refractivity contribution >= 4 is 17.8 Å². The summed E-state index contributed by atoms with van der Waals surface area (Å²) < 4.78 is 32.2. The molecular formula is C26H19F2N5O3. The lowest BCUT2D eigenvalue weighted by atomic mass is 10.1. The number of benzene rings is 2. The third kappa shape index (κ3) is 5.02. The molecule has 0 bridgehead atoms. The van der Waals surface area contributed by atoms with Crippen LogP contribution in [-0.4, -0.2) is 38.2 Å². The maximum absolute atomic E-state index is 13.4. The Kier molecular flexibility index (Phi) is 6.31. The van der Waals surface area contributed by atoms with Gasteiger partial charge in [0.2, 0.25) is 11.8 Å². The summed E-state index contributed by atoms with van der Waals surface area (Å²) in [6.07, 6.45) is 3.47. The molecule has 0 atom stereocenters. The number of anilines is 1. The highest BCUT2D eigenvalue weighted by Crippen LogP contribution is 2.22. The van der Waals surface area contributed by atoms with Gasteiger partial charge in [-0.2, -0.15) is 0 Å². The van der Waals surface area contributed by atoms with Crippen LogP contribution in [0.3, 0.4) is 0 Å². The second-order valence-electron chi connectivity index (χ2n) is 8.03. The van der Waals surface area contributed by atoms with Crippen LogP contribution in [0, 0.1) is 11.6 Å². The summed E-state index contributed by atoms with van der Waals surface area (Å²) in [6, 6.07) is 15.4. The molecule has 0 unspecified atom stereocenters. The van der Waals surface area contributed by atoms with Crippen LogP contribution in [0.2, 0.25) is 0 Å². The van der Waals surface area contributed by atoms with E-state index in [1.165, 1.54) is 18.5 Å². The first-order valence-electron chi connectivity index (χ1n) is 11.1. The number of rotatable bonds is 5. The SMILES string of the molecule is O=C(Nc1ncc2c(n1)CCN(C(=O)c1ccc(Oc3ccccc3)nc1)C2)c1ccc(F)c(F)c1. The third-order valence-electron chi connectivity index (χ3n) is 5.58. The number of hydrogen-bond donors (Lipinski definition) is 1. The summed E-state index contributed by atoms with van der Waals surface area (Å²) in [6.45, 7) is 0.718. The van der Waals surface area contributed by atoms with Crippen LogP contribution in [0.4, 0.5) is 14.7 Å². The van der Waals surface area contributed by atoms with Crippen molar-refractivity contribution in [2.24, 2.45) is 0 Å². The van der Waals surface area contributed by atoms with Crippen molar-refractivity contribution in [1.29, 1.82) is 0 Å². The molecule has 1 N–H and O–H groups in total. The maximum atomic E-state index is 13.4. The van der Waals surface area contributed by atoms with Gasteiger partial charge in [-0.3, -0.25) is 14.9 Å². The van der Waals surface area contributed by atoms with E-state index in [2.05, 4.69) is 20.3 Å². The van der Waals surface area contributed by atoms with Crippen molar-refractivity contribution in [2.75, 3.05) is 11.9 Å². The molecule has 4 aromatic rings. The number of carbonyl (C=O) groups excluding carboxylic acids is 2. The number of fused-ring (bicyclic) bond motifs is 1. The minimum Gasteiger partial charge on any atom is -0.439 e. The standard InChI is InChI=1S/C26H19F2N5O3/c27-20-8-6-16(12-21(20)28)24(34)32-26-30-14-18-15-33(11-10-22(18)31-26)25(35)17-7-9-23(29-13-17)36-19-4-2-1-3-5-19/h1-9,12-14H,10-11,15H2,(H,30,31,32,34). The molecule has 0 spiro atoms. The fourth-order valence-electron chi connectivity index (χ4n) is 3.72. The van der Waals surface area contributed by atoms with E-state index in [1.54, 1.807) is 17.0 Å². The average molecular weight is 487 g/mol. The van der Waals surface area contributed by atoms with Crippen LogP contribution in [0.1, 0.15) is 32.0 Å². The van der Waals surface area contributed by atoms with Gasteiger partial charge in [-0.15, -0.1) is 0 Å². The van der Waals surface area contributed by atoms with Gasteiger partial charge in [0.1, 0.15) is 5.75 Å². The monoisotopic (exact) mass is 487 g/mol. The number of nitrogens with one attached hydrogen (secondary N) is 1. The lowest BCUT2D eigenvalue weighted by Gasteiger charge is -2.28. The second kappa shape index (κ2) is 9.87. The zero-order chi connectivity index (χ0) is 25.1. The zero-order valence-electron chi connectivity index (χ0n) is 18.8. The van der Waals surface area contributed by atoms with Gasteiger partial charge in [-0.1, -0.05) is 18.2 Å². The first kappa shape index (κ1) is 23.0. The summed E-state index contributed by atoms with van der Waals surface area (Å²) in [5.74, 6) is -1.93. The van der Waals surface area contributed by atoms with Gasteiger partial charge in [-0.05, 0) is 36.4 Å². The highest BCUT2D eigenvalue weighted by Gasteiger charge is 2.24. The van der Waals surface area contributed by atoms with Gasteiger partial charge in [0.15, 0.2) is 11.6 Å². The summed E-state index contributed by atoms with van der Waals surface area (Å²) >= 11 is 0. The Hall–Kier alpha value is -4.73. The molecule has 1 aliphatic rings. The van der Waals surface area contributed by atoms with Crippen LogP contribution in [0.5, 0.6) is 11.6 Å². The molecule has 3 heterocycles. The van der Waals surface area contributed by atoms with E-state index in [1.807, 2.05) is 30.3 Å². The molecule has 10 heteroatoms. The number of amides is 2. The molecule has 2 aromatic heterocycles. The van der Waals surface area contributed by atoms with Crippen molar-refractivity contribution < 1.29 is 23.1 Å². The fraction of sp³-hybridized carbons (Fsp3) is 0.115. The van der Waals surface area contributed by atoms with E-state index in [0.717, 1.165) is 17.7 Å². The van der Waals surface area contributed by atoms with E-state index in [-0.39, 0.29) is 17.4 Å². The van der Waals surface area contributed by atoms with Gasteiger partial charge in [0, 0.05) is 49.1 Å². The zero-order valence-corrected chi connectivity index (χ0v) is 18.8. The minimum atomic E-state index is -1.12. The predicted molar refractivity (Wildman–Crippen MR) is 126 cm³/mol. The number of halogens is 2. The molecule has 2 amide bonds. The number of nitrogens with zero attached hydrogens (tertiary/aromatic N) is 4. The van der Waals surface area contributed by atoms with E-state index in [9.17, 15) is 18.4 Å². The number of hydrogen-bond acceptors (Lipinski definition) is 6. The second-order valence-corrected chi connectivity index (χ2v) is 8.03. The summed E-state index contributed by atoms with van der Waals surface area (Å²) in [5, 5.41) is 2.49. The Labute approximate surface area is 204 Å². The fourth-order valence-corrected chi connectivity index (χ4v) is 3.72. The Morgan fingerprint density at radius 1 is 0.917 bits per heavy atom. The predicted octanol–water partition coefficient (Wildman–Crippen LogP) is 4.39. The van der Waals surface area contributed by atoms with Crippen molar-refractivity contribution in [2.45, 2.75) is 13.0 Å². The van der Waals surface area contributed by atoms with Crippen molar-refractivity contribution in [3.05, 3.63) is 107 Å². The molecule has 0 aliphatic carbocycles. The van der Waals surface area contributed by atoms with Gasteiger partial charge >= 0.3 is 0 Å². The van der Waals surface area contributed by atoms with Gasteiger partial charge in [0.25, 0.3) is 11.8 Å². The van der Waals surface area contributed by atoms with E-state index < -0.39 is 17.5 Å². The number of aromatic nitrogens is 3. The first-order valence-corrected chi connectivity index (χ1v) is 11.1. The molecule has 5 rings (SSSR count). The molecular weight excluding hydrogens is 468 g/mol. The highest BCUT2D eigenvalue weighted by molar-refractivity contribution is 6.03. The molecule has 8 nitrogen and oxygen atoms in total. The van der Waals surface area contributed by atoms with Crippen LogP contribution in [-0.2, 0) is 13.0 Å². The normalized spacial score (nSPS) is 12.6. The number of carbonyl (C=O) groups is 2. The van der Waals surface area contributed by atoms with E-state index in [0.29, 0.717) is 42.4 Å². The molecule has 36 heavy (non-hydrogen) atoms. The molecule has 0 saturated carbocycles. The van der Waals surface area contributed by atoms with Gasteiger partial charge in [-0.25, -0.2) is 23.7 Å². The molecule has 1 aliphatic heterocycles. The van der Waals surface area contributed by atoms with Crippen LogP contribution in [0.15, 0.2) is 73.1 Å². The van der Waals surface area contributed by atoms with Crippen molar-refractivity contribution in [1.82, 2.24) is 19.9 Å². The number of ether oxygens (including phenoxy) is 1. The quantitative estimate of drug-likeness (QED) is 0.448. The minimum absolute atomic E-state index is 0.0430. The summed E-state index contributed by atoms with van der Waals surface area (Å²) in [5.41, 5.74) is 1.81. The molecule has 0 saturated heterocycles. The first-order chi connectivity index (χ1) is 17.5. The van der Waals surface area contributed by atoms with Crippen molar-refractivity contribution in [3.63, 3.8) is 0 Å². The number of pyridine rings is 1. The Bertz CT molecular complexity index is 1430. The molecule has 0 fully saturated rings. The molecule has 0 radical (unpaired) electrons. The lowest BCUT2D eigenvalue weighted by Crippen LogP contribution is -2.36. The van der Waals surface area contributed by atoms with Crippen molar-refractivity contribution in [3.8, 4) is 11.6 Å². The maximum Gasteiger partial charge on any atom is 0.258 e. The van der Waals surface area contributed by atoms with Crippen LogP contribution >= 0.6 is 0 Å². The third-order valence-corrected chi connectivity index (χ3v) is 5.58. The van der Waals surface area contributed by atoms with Gasteiger partial charge in [0.05, 0.1) is 11.3 Å². The highest BCUT2D eigenvalue weighted by atomic mass is 19.2. The summed E-state index contributed by atoms with van der Waals surface area (Å²) in [7, 11) is 0. The largest absolute Gasteiger partial charge is 0.439 e.